The first-order chi connectivity index (χ1) is 9.07. The van der Waals surface area contributed by atoms with Gasteiger partial charge in [-0.05, 0) is 18.6 Å². The number of rotatable bonds is 2. The van der Waals surface area contributed by atoms with Crippen LogP contribution in [0.3, 0.4) is 0 Å². The van der Waals surface area contributed by atoms with Crippen molar-refractivity contribution in [2.45, 2.75) is 6.42 Å². The first-order valence-electron chi connectivity index (χ1n) is 6.15. The highest BCUT2D eigenvalue weighted by molar-refractivity contribution is 7.91. The van der Waals surface area contributed by atoms with Crippen molar-refractivity contribution < 1.29 is 13.2 Å². The van der Waals surface area contributed by atoms with E-state index in [1.165, 1.54) is 0 Å². The fourth-order valence-electron chi connectivity index (χ4n) is 2.52. The Bertz CT molecular complexity index is 747. The molecule has 1 saturated heterocycles. The molecule has 2 aromatic rings. The molecule has 0 radical (unpaired) electrons. The lowest BCUT2D eigenvalue weighted by atomic mass is 9.95. The van der Waals surface area contributed by atoms with Gasteiger partial charge < -0.3 is 0 Å². The molecule has 3 rings (SSSR count). The van der Waals surface area contributed by atoms with Gasteiger partial charge in [0.1, 0.15) is 0 Å². The minimum atomic E-state index is -3.04. The Kier molecular flexibility index (Phi) is 2.86. The van der Waals surface area contributed by atoms with Crippen LogP contribution in [0, 0.1) is 5.92 Å². The molecule has 1 aliphatic heterocycles. The molecule has 0 saturated carbocycles. The molecule has 5 heteroatoms. The minimum absolute atomic E-state index is 0.0327. The number of fused-ring (bicyclic) bond motifs is 1. The molecular formula is C14H13NO3S. The molecule has 2 heterocycles. The molecule has 1 aromatic heterocycles. The Balaban J connectivity index is 2.03. The van der Waals surface area contributed by atoms with Gasteiger partial charge in [0.25, 0.3) is 0 Å². The lowest BCUT2D eigenvalue weighted by Crippen LogP contribution is -2.16. The van der Waals surface area contributed by atoms with Crippen molar-refractivity contribution in [1.82, 2.24) is 4.98 Å². The zero-order chi connectivity index (χ0) is 13.5. The topological polar surface area (TPSA) is 64.1 Å². The number of hydrogen-bond donors (Lipinski definition) is 0. The van der Waals surface area contributed by atoms with Gasteiger partial charge in [-0.15, -0.1) is 0 Å². The second-order valence-electron chi connectivity index (χ2n) is 4.84. The maximum atomic E-state index is 12.4. The number of Topliss-reactive ketones (excluding diaryl/α,β-unsaturated/α-hetero) is 1. The molecule has 0 aliphatic carbocycles. The van der Waals surface area contributed by atoms with E-state index in [1.807, 2.05) is 18.2 Å². The first kappa shape index (κ1) is 12.3. The third-order valence-corrected chi connectivity index (χ3v) is 5.27. The summed E-state index contributed by atoms with van der Waals surface area (Å²) in [4.78, 5) is 16.7. The van der Waals surface area contributed by atoms with Crippen LogP contribution in [0.4, 0.5) is 0 Å². The molecule has 0 bridgehead atoms. The maximum Gasteiger partial charge on any atom is 0.169 e. The highest BCUT2D eigenvalue weighted by Gasteiger charge is 2.34. The predicted molar refractivity (Wildman–Crippen MR) is 72.8 cm³/mol. The van der Waals surface area contributed by atoms with Crippen LogP contribution in [-0.4, -0.2) is 30.7 Å². The van der Waals surface area contributed by atoms with E-state index >= 15 is 0 Å². The molecule has 1 atom stereocenters. The van der Waals surface area contributed by atoms with Gasteiger partial charge in [-0.25, -0.2) is 8.42 Å². The van der Waals surface area contributed by atoms with Crippen molar-refractivity contribution in [2.24, 2.45) is 5.92 Å². The maximum absolute atomic E-state index is 12.4. The second-order valence-corrected chi connectivity index (χ2v) is 7.07. The summed E-state index contributed by atoms with van der Waals surface area (Å²) in [5.41, 5.74) is 1.18. The molecule has 1 aromatic carbocycles. The van der Waals surface area contributed by atoms with Crippen molar-refractivity contribution in [2.75, 3.05) is 11.5 Å². The Morgan fingerprint density at radius 3 is 2.74 bits per heavy atom. The number of nitrogens with zero attached hydrogens (tertiary/aromatic N) is 1. The summed E-state index contributed by atoms with van der Waals surface area (Å²) < 4.78 is 22.9. The number of sulfone groups is 1. The summed E-state index contributed by atoms with van der Waals surface area (Å²) in [6.45, 7) is 0. The molecule has 19 heavy (non-hydrogen) atoms. The van der Waals surface area contributed by atoms with Crippen molar-refractivity contribution in [1.29, 1.82) is 0 Å². The summed E-state index contributed by atoms with van der Waals surface area (Å²) in [5.74, 6) is -0.445. The number of benzene rings is 1. The van der Waals surface area contributed by atoms with E-state index < -0.39 is 15.8 Å². The van der Waals surface area contributed by atoms with E-state index in [9.17, 15) is 13.2 Å². The van der Waals surface area contributed by atoms with Gasteiger partial charge in [-0.1, -0.05) is 18.2 Å². The van der Waals surface area contributed by atoms with Crippen LogP contribution in [0.15, 0.2) is 36.5 Å². The number of pyridine rings is 1. The molecule has 1 unspecified atom stereocenters. The largest absolute Gasteiger partial charge is 0.294 e. The molecular weight excluding hydrogens is 262 g/mol. The van der Waals surface area contributed by atoms with Gasteiger partial charge in [0.05, 0.1) is 17.0 Å². The summed E-state index contributed by atoms with van der Waals surface area (Å²) in [7, 11) is -3.04. The van der Waals surface area contributed by atoms with Crippen molar-refractivity contribution in [3.8, 4) is 0 Å². The second kappa shape index (κ2) is 4.42. The predicted octanol–water partition coefficient (Wildman–Crippen LogP) is 1.85. The number of carbonyl (C=O) groups excluding carboxylic acids is 1. The van der Waals surface area contributed by atoms with Crippen molar-refractivity contribution in [3.63, 3.8) is 0 Å². The highest BCUT2D eigenvalue weighted by Crippen LogP contribution is 2.25. The smallest absolute Gasteiger partial charge is 0.169 e. The van der Waals surface area contributed by atoms with Crippen LogP contribution in [0.2, 0.25) is 0 Å². The Morgan fingerprint density at radius 2 is 2.00 bits per heavy atom. The number of ketones is 1. The van der Waals surface area contributed by atoms with E-state index in [-0.39, 0.29) is 17.3 Å². The molecule has 1 fully saturated rings. The SMILES string of the molecule is O=C(c1cccc2cccnc12)C1CCS(=O)(=O)C1. The monoisotopic (exact) mass is 275 g/mol. The van der Waals surface area contributed by atoms with Gasteiger partial charge >= 0.3 is 0 Å². The molecule has 0 amide bonds. The Hall–Kier alpha value is -1.75. The van der Waals surface area contributed by atoms with Crippen LogP contribution in [0.1, 0.15) is 16.8 Å². The fraction of sp³-hybridized carbons (Fsp3) is 0.286. The van der Waals surface area contributed by atoms with Crippen molar-refractivity contribution in [3.05, 3.63) is 42.1 Å². The summed E-state index contributed by atoms with van der Waals surface area (Å²) in [6, 6.07) is 9.13. The average molecular weight is 275 g/mol. The molecule has 0 N–H and O–H groups in total. The quantitative estimate of drug-likeness (QED) is 0.785. The van der Waals surface area contributed by atoms with E-state index in [4.69, 9.17) is 0 Å². The van der Waals surface area contributed by atoms with Crippen LogP contribution in [-0.2, 0) is 9.84 Å². The standard InChI is InChI=1S/C14H13NO3S/c16-14(11-6-8-19(17,18)9-11)12-5-1-3-10-4-2-7-15-13(10)12/h1-5,7,11H,6,8-9H2. The average Bonchev–Trinajstić information content (AvgIpc) is 2.78. The molecule has 1 aliphatic rings. The van der Waals surface area contributed by atoms with E-state index in [0.29, 0.717) is 17.5 Å². The van der Waals surface area contributed by atoms with Crippen LogP contribution in [0.5, 0.6) is 0 Å². The normalized spacial score (nSPS) is 21.6. The third-order valence-electron chi connectivity index (χ3n) is 3.50. The summed E-state index contributed by atoms with van der Waals surface area (Å²) in [6.07, 6.45) is 2.06. The van der Waals surface area contributed by atoms with Crippen LogP contribution in [0.25, 0.3) is 10.9 Å². The highest BCUT2D eigenvalue weighted by atomic mass is 32.2. The number of para-hydroxylation sites is 1. The van der Waals surface area contributed by atoms with Crippen LogP contribution < -0.4 is 0 Å². The molecule has 4 nitrogen and oxygen atoms in total. The lowest BCUT2D eigenvalue weighted by Gasteiger charge is -2.08. The Morgan fingerprint density at radius 1 is 1.21 bits per heavy atom. The van der Waals surface area contributed by atoms with E-state index in [2.05, 4.69) is 4.98 Å². The summed E-state index contributed by atoms with van der Waals surface area (Å²) in [5, 5.41) is 0.897. The Labute approximate surface area is 111 Å². The van der Waals surface area contributed by atoms with Gasteiger partial charge in [0, 0.05) is 23.1 Å². The molecule has 0 spiro atoms. The number of carbonyl (C=O) groups is 1. The van der Waals surface area contributed by atoms with Gasteiger partial charge in [0.2, 0.25) is 0 Å². The number of hydrogen-bond acceptors (Lipinski definition) is 4. The summed E-state index contributed by atoms with van der Waals surface area (Å²) >= 11 is 0. The number of aromatic nitrogens is 1. The van der Waals surface area contributed by atoms with Gasteiger partial charge in [-0.3, -0.25) is 9.78 Å². The minimum Gasteiger partial charge on any atom is -0.294 e. The zero-order valence-electron chi connectivity index (χ0n) is 10.2. The zero-order valence-corrected chi connectivity index (χ0v) is 11.1. The van der Waals surface area contributed by atoms with Crippen molar-refractivity contribution >= 4 is 26.5 Å². The van der Waals surface area contributed by atoms with E-state index in [1.54, 1.807) is 18.3 Å². The lowest BCUT2D eigenvalue weighted by molar-refractivity contribution is 0.0935. The van der Waals surface area contributed by atoms with E-state index in [0.717, 1.165) is 5.39 Å². The van der Waals surface area contributed by atoms with Gasteiger partial charge in [-0.2, -0.15) is 0 Å². The first-order valence-corrected chi connectivity index (χ1v) is 7.97. The van der Waals surface area contributed by atoms with Crippen LogP contribution >= 0.6 is 0 Å². The fourth-order valence-corrected chi connectivity index (χ4v) is 4.27. The van der Waals surface area contributed by atoms with Gasteiger partial charge in [0.15, 0.2) is 15.6 Å². The molecule has 98 valence electrons. The third kappa shape index (κ3) is 2.26.